The second-order valence-electron chi connectivity index (χ2n) is 9.78. The van der Waals surface area contributed by atoms with E-state index in [4.69, 9.17) is 27.9 Å². The fraction of sp³-hybridized carbons (Fsp3) is 0.355. The first kappa shape index (κ1) is 33.2. The predicted octanol–water partition coefficient (Wildman–Crippen LogP) is 5.71. The van der Waals surface area contributed by atoms with Crippen molar-refractivity contribution in [1.29, 1.82) is 0 Å². The van der Waals surface area contributed by atoms with E-state index in [0.717, 1.165) is 29.0 Å². The van der Waals surface area contributed by atoms with Gasteiger partial charge in [0.05, 0.1) is 18.6 Å². The van der Waals surface area contributed by atoms with Crippen molar-refractivity contribution in [2.24, 2.45) is 0 Å². The predicted molar refractivity (Wildman–Crippen MR) is 169 cm³/mol. The smallest absolute Gasteiger partial charge is 0.244 e. The molecule has 0 saturated carbocycles. The zero-order chi connectivity index (χ0) is 30.7. The number of para-hydroxylation sites is 2. The third-order valence-corrected chi connectivity index (χ3v) is 8.28. The van der Waals surface area contributed by atoms with Crippen molar-refractivity contribution in [3.63, 3.8) is 0 Å². The van der Waals surface area contributed by atoms with E-state index >= 15 is 0 Å². The summed E-state index contributed by atoms with van der Waals surface area (Å²) in [6.07, 6.45) is 2.90. The van der Waals surface area contributed by atoms with Crippen LogP contribution in [0.3, 0.4) is 0 Å². The number of unbranched alkanes of at least 4 members (excludes halogenated alkanes) is 1. The Kier molecular flexibility index (Phi) is 12.5. The van der Waals surface area contributed by atoms with Gasteiger partial charge in [-0.15, -0.1) is 0 Å². The average Bonchev–Trinajstić information content (AvgIpc) is 2.95. The molecule has 0 aliphatic heterocycles. The van der Waals surface area contributed by atoms with Crippen LogP contribution in [-0.2, 0) is 32.6 Å². The molecule has 0 unspecified atom stereocenters. The van der Waals surface area contributed by atoms with E-state index in [1.54, 1.807) is 49.4 Å². The van der Waals surface area contributed by atoms with E-state index < -0.39 is 28.5 Å². The van der Waals surface area contributed by atoms with Crippen molar-refractivity contribution in [2.45, 2.75) is 45.7 Å². The highest BCUT2D eigenvalue weighted by molar-refractivity contribution is 7.92. The summed E-state index contributed by atoms with van der Waals surface area (Å²) in [5, 5.41) is 3.70. The molecule has 0 aliphatic carbocycles. The quantitative estimate of drug-likeness (QED) is 0.216. The Hall–Kier alpha value is -3.27. The van der Waals surface area contributed by atoms with E-state index in [1.165, 1.54) is 4.90 Å². The third-order valence-electron chi connectivity index (χ3n) is 6.57. The highest BCUT2D eigenvalue weighted by Crippen LogP contribution is 2.31. The molecule has 2 amide bonds. The molecule has 1 N–H and O–H groups in total. The molecule has 0 aromatic heterocycles. The second kappa shape index (κ2) is 15.8. The molecule has 3 rings (SSSR count). The van der Waals surface area contributed by atoms with Crippen LogP contribution in [0.15, 0.2) is 72.8 Å². The summed E-state index contributed by atoms with van der Waals surface area (Å²) in [5.74, 6) is -0.598. The van der Waals surface area contributed by atoms with Crippen molar-refractivity contribution >= 4 is 50.7 Å². The van der Waals surface area contributed by atoms with Crippen LogP contribution in [0.1, 0.15) is 37.8 Å². The Morgan fingerprint density at radius 2 is 1.67 bits per heavy atom. The normalized spacial score (nSPS) is 11.9. The number of benzene rings is 3. The fourth-order valence-corrected chi connectivity index (χ4v) is 5.75. The van der Waals surface area contributed by atoms with E-state index in [-0.39, 0.29) is 24.6 Å². The molecule has 3 aromatic carbocycles. The van der Waals surface area contributed by atoms with Crippen LogP contribution in [0, 0.1) is 0 Å². The van der Waals surface area contributed by atoms with Crippen LogP contribution in [0.25, 0.3) is 0 Å². The summed E-state index contributed by atoms with van der Waals surface area (Å²) in [6, 6.07) is 19.9. The minimum Gasteiger partial charge on any atom is -0.492 e. The molecule has 0 saturated heterocycles. The average molecular weight is 635 g/mol. The summed E-state index contributed by atoms with van der Waals surface area (Å²) < 4.78 is 32.8. The maximum absolute atomic E-state index is 14.2. The monoisotopic (exact) mass is 633 g/mol. The number of ether oxygens (including phenoxy) is 1. The molecule has 226 valence electrons. The summed E-state index contributed by atoms with van der Waals surface area (Å²) in [4.78, 5) is 29.3. The molecule has 8 nitrogen and oxygen atoms in total. The number of nitrogens with one attached hydrogen (secondary N) is 1. The number of carbonyl (C=O) groups excluding carboxylic acids is 2. The molecule has 0 fully saturated rings. The Bertz CT molecular complexity index is 1450. The van der Waals surface area contributed by atoms with Crippen LogP contribution >= 0.6 is 23.2 Å². The zero-order valence-electron chi connectivity index (χ0n) is 24.1. The standard InChI is InChI=1S/C31H37Cl2N3O5S/c1-4-6-18-34-31(38)28(19-23-12-8-7-9-13-23)35(21-24-16-17-25(32)20-26(24)33)30(37)22-36(42(3,39)40)27-14-10-11-15-29(27)41-5-2/h7-17,20,28H,4-6,18-19,21-22H2,1-3H3,(H,34,38)/t28-/m0/s1. The number of hydrogen-bond donors (Lipinski definition) is 1. The van der Waals surface area contributed by atoms with E-state index in [9.17, 15) is 18.0 Å². The van der Waals surface area contributed by atoms with Crippen LogP contribution in [0.4, 0.5) is 5.69 Å². The lowest BCUT2D eigenvalue weighted by atomic mass is 10.0. The van der Waals surface area contributed by atoms with Gasteiger partial charge in [-0.1, -0.05) is 85.1 Å². The van der Waals surface area contributed by atoms with Gasteiger partial charge in [-0.2, -0.15) is 0 Å². The SMILES string of the molecule is CCCCNC(=O)[C@H](Cc1ccccc1)N(Cc1ccc(Cl)cc1Cl)C(=O)CN(c1ccccc1OCC)S(C)(=O)=O. The number of amides is 2. The first-order chi connectivity index (χ1) is 20.0. The maximum atomic E-state index is 14.2. The van der Waals surface area contributed by atoms with Crippen molar-refractivity contribution in [1.82, 2.24) is 10.2 Å². The summed E-state index contributed by atoms with van der Waals surface area (Å²) in [5.41, 5.74) is 1.64. The number of rotatable bonds is 15. The Morgan fingerprint density at radius 3 is 2.31 bits per heavy atom. The molecule has 3 aromatic rings. The van der Waals surface area contributed by atoms with Crippen LogP contribution in [0.2, 0.25) is 10.0 Å². The van der Waals surface area contributed by atoms with Gasteiger partial charge in [-0.3, -0.25) is 13.9 Å². The topological polar surface area (TPSA) is 96.0 Å². The van der Waals surface area contributed by atoms with Gasteiger partial charge in [-0.05, 0) is 48.7 Å². The number of anilines is 1. The summed E-state index contributed by atoms with van der Waals surface area (Å²) >= 11 is 12.6. The lowest BCUT2D eigenvalue weighted by Crippen LogP contribution is -2.53. The van der Waals surface area contributed by atoms with Gasteiger partial charge < -0.3 is 15.0 Å². The van der Waals surface area contributed by atoms with Crippen LogP contribution in [0.5, 0.6) is 5.75 Å². The van der Waals surface area contributed by atoms with Gasteiger partial charge in [0.15, 0.2) is 0 Å². The van der Waals surface area contributed by atoms with Crippen LogP contribution in [-0.4, -0.2) is 57.1 Å². The second-order valence-corrected chi connectivity index (χ2v) is 12.5. The van der Waals surface area contributed by atoms with Crippen molar-refractivity contribution < 1.29 is 22.7 Å². The minimum absolute atomic E-state index is 0.0434. The lowest BCUT2D eigenvalue weighted by Gasteiger charge is -2.34. The van der Waals surface area contributed by atoms with Crippen molar-refractivity contribution in [2.75, 3.05) is 30.3 Å². The molecule has 0 aliphatic rings. The van der Waals surface area contributed by atoms with Crippen molar-refractivity contribution in [3.8, 4) is 5.75 Å². The first-order valence-electron chi connectivity index (χ1n) is 13.8. The molecular formula is C31H37Cl2N3O5S. The van der Waals surface area contributed by atoms with E-state index in [0.29, 0.717) is 34.5 Å². The highest BCUT2D eigenvalue weighted by atomic mass is 35.5. The summed E-state index contributed by atoms with van der Waals surface area (Å²) in [7, 11) is -3.93. The van der Waals surface area contributed by atoms with Gasteiger partial charge in [0, 0.05) is 29.6 Å². The molecule has 42 heavy (non-hydrogen) atoms. The maximum Gasteiger partial charge on any atom is 0.244 e. The lowest BCUT2D eigenvalue weighted by molar-refractivity contribution is -0.140. The largest absolute Gasteiger partial charge is 0.492 e. The van der Waals surface area contributed by atoms with Gasteiger partial charge in [-0.25, -0.2) is 8.42 Å². The molecule has 0 spiro atoms. The number of carbonyl (C=O) groups is 2. The van der Waals surface area contributed by atoms with Gasteiger partial charge in [0.2, 0.25) is 21.8 Å². The molecule has 0 bridgehead atoms. The molecule has 0 heterocycles. The van der Waals surface area contributed by atoms with Crippen molar-refractivity contribution in [3.05, 3.63) is 94.0 Å². The third kappa shape index (κ3) is 9.37. The zero-order valence-corrected chi connectivity index (χ0v) is 26.4. The fourth-order valence-electron chi connectivity index (χ4n) is 4.43. The van der Waals surface area contributed by atoms with Gasteiger partial charge in [0.25, 0.3) is 0 Å². The Labute approximate surface area is 258 Å². The first-order valence-corrected chi connectivity index (χ1v) is 16.4. The van der Waals surface area contributed by atoms with E-state index in [2.05, 4.69) is 5.32 Å². The number of sulfonamides is 1. The highest BCUT2D eigenvalue weighted by Gasteiger charge is 2.34. The summed E-state index contributed by atoms with van der Waals surface area (Å²) in [6.45, 7) is 3.96. The minimum atomic E-state index is -3.93. The van der Waals surface area contributed by atoms with E-state index in [1.807, 2.05) is 37.3 Å². The Morgan fingerprint density at radius 1 is 0.976 bits per heavy atom. The van der Waals surface area contributed by atoms with Gasteiger partial charge in [0.1, 0.15) is 18.3 Å². The number of halogens is 2. The molecule has 1 atom stereocenters. The van der Waals surface area contributed by atoms with Crippen LogP contribution < -0.4 is 14.4 Å². The Balaban J connectivity index is 2.09. The molecular weight excluding hydrogens is 597 g/mol. The van der Waals surface area contributed by atoms with Gasteiger partial charge >= 0.3 is 0 Å². The number of nitrogens with zero attached hydrogens (tertiary/aromatic N) is 2. The molecule has 11 heteroatoms. The number of hydrogen-bond acceptors (Lipinski definition) is 5. The molecule has 0 radical (unpaired) electrons.